The van der Waals surface area contributed by atoms with Crippen LogP contribution in [0.3, 0.4) is 0 Å². The minimum absolute atomic E-state index is 0.727. The maximum Gasteiger partial charge on any atom is 0.0271 e. The van der Waals surface area contributed by atoms with E-state index in [9.17, 15) is 0 Å². The zero-order valence-electron chi connectivity index (χ0n) is 4.30. The Hall–Kier alpha value is 0.820. The van der Waals surface area contributed by atoms with Crippen molar-refractivity contribution < 1.29 is 0 Å². The van der Waals surface area contributed by atoms with E-state index in [-0.39, 0.29) is 0 Å². The van der Waals surface area contributed by atoms with Gasteiger partial charge in [-0.1, -0.05) is 9.39 Å². The molecule has 1 aliphatic rings. The SMILES string of the molecule is PC1CCCN1P. The second-order valence-electron chi connectivity index (χ2n) is 1.95. The third-order valence-corrected chi connectivity index (χ3v) is 3.04. The quantitative estimate of drug-likeness (QED) is 0.449. The van der Waals surface area contributed by atoms with Crippen LogP contribution in [0, 0.1) is 0 Å². The van der Waals surface area contributed by atoms with Gasteiger partial charge in [0.1, 0.15) is 0 Å². The molecule has 0 N–H and O–H groups in total. The standard InChI is InChI=1S/C4H11NP2/c6-4-2-1-3-5(4)7/h4H,1-3,6-7H2. The summed E-state index contributed by atoms with van der Waals surface area (Å²) in [4.78, 5) is 0. The summed E-state index contributed by atoms with van der Waals surface area (Å²) < 4.78 is 2.28. The first-order valence-corrected chi connectivity index (χ1v) is 3.76. The Kier molecular flexibility index (Phi) is 2.04. The number of rotatable bonds is 0. The molecule has 0 amide bonds. The van der Waals surface area contributed by atoms with Gasteiger partial charge in [-0.25, -0.2) is 0 Å². The first-order valence-electron chi connectivity index (χ1n) is 2.57. The number of nitrogens with zero attached hydrogens (tertiary/aromatic N) is 1. The van der Waals surface area contributed by atoms with Gasteiger partial charge in [0.2, 0.25) is 0 Å². The summed E-state index contributed by atoms with van der Waals surface area (Å²) in [6.07, 6.45) is 2.70. The first-order chi connectivity index (χ1) is 3.30. The normalized spacial score (nSPS) is 34.3. The van der Waals surface area contributed by atoms with Gasteiger partial charge < -0.3 is 0 Å². The van der Waals surface area contributed by atoms with Crippen molar-refractivity contribution in [2.45, 2.75) is 18.6 Å². The maximum atomic E-state index is 2.82. The van der Waals surface area contributed by atoms with Gasteiger partial charge in [-0.2, -0.15) is 0 Å². The van der Waals surface area contributed by atoms with Gasteiger partial charge in [-0.3, -0.25) is 4.67 Å². The lowest BCUT2D eigenvalue weighted by molar-refractivity contribution is 0.551. The Morgan fingerprint density at radius 1 is 1.57 bits per heavy atom. The molecule has 1 fully saturated rings. The molecular weight excluding hydrogens is 124 g/mol. The first kappa shape index (κ1) is 5.95. The molecule has 1 heterocycles. The molecule has 0 bridgehead atoms. The Bertz CT molecular complexity index is 58.7. The van der Waals surface area contributed by atoms with Crippen LogP contribution < -0.4 is 0 Å². The van der Waals surface area contributed by atoms with Crippen LogP contribution in [0.15, 0.2) is 0 Å². The van der Waals surface area contributed by atoms with Gasteiger partial charge in [0, 0.05) is 12.3 Å². The van der Waals surface area contributed by atoms with Crippen LogP contribution in [0.5, 0.6) is 0 Å². The van der Waals surface area contributed by atoms with Crippen LogP contribution >= 0.6 is 18.6 Å². The molecule has 1 saturated heterocycles. The van der Waals surface area contributed by atoms with Gasteiger partial charge >= 0.3 is 0 Å². The van der Waals surface area contributed by atoms with Gasteiger partial charge in [-0.05, 0) is 12.8 Å². The predicted molar refractivity (Wildman–Crippen MR) is 39.1 cm³/mol. The molecule has 0 radical (unpaired) electrons. The Morgan fingerprint density at radius 3 is 2.43 bits per heavy atom. The van der Waals surface area contributed by atoms with Crippen LogP contribution in [0.2, 0.25) is 0 Å². The topological polar surface area (TPSA) is 3.24 Å². The summed E-state index contributed by atoms with van der Waals surface area (Å²) in [6.45, 7) is 1.25. The predicted octanol–water partition coefficient (Wildman–Crippen LogP) is 1.07. The minimum atomic E-state index is 0.727. The van der Waals surface area contributed by atoms with E-state index in [1.807, 2.05) is 0 Å². The molecule has 0 saturated carbocycles. The van der Waals surface area contributed by atoms with E-state index in [2.05, 4.69) is 23.3 Å². The molecule has 0 aliphatic carbocycles. The third-order valence-electron chi connectivity index (χ3n) is 1.34. The zero-order valence-corrected chi connectivity index (χ0v) is 6.61. The van der Waals surface area contributed by atoms with Gasteiger partial charge in [0.25, 0.3) is 0 Å². The second kappa shape index (κ2) is 2.40. The average molecular weight is 135 g/mol. The van der Waals surface area contributed by atoms with E-state index >= 15 is 0 Å². The maximum absolute atomic E-state index is 2.82. The average Bonchev–Trinajstić information content (AvgIpc) is 1.91. The summed E-state index contributed by atoms with van der Waals surface area (Å²) in [7, 11) is 5.54. The van der Waals surface area contributed by atoms with Crippen molar-refractivity contribution in [2.24, 2.45) is 0 Å². The van der Waals surface area contributed by atoms with Gasteiger partial charge in [0.05, 0.1) is 0 Å². The molecule has 1 nitrogen and oxygen atoms in total. The van der Waals surface area contributed by atoms with Crippen molar-refractivity contribution in [1.82, 2.24) is 4.67 Å². The van der Waals surface area contributed by atoms with Crippen LogP contribution in [0.4, 0.5) is 0 Å². The molecule has 42 valence electrons. The molecule has 0 spiro atoms. The smallest absolute Gasteiger partial charge is 0.0271 e. The van der Waals surface area contributed by atoms with Crippen molar-refractivity contribution in [3.05, 3.63) is 0 Å². The van der Waals surface area contributed by atoms with Crippen molar-refractivity contribution in [1.29, 1.82) is 0 Å². The van der Waals surface area contributed by atoms with Crippen LogP contribution in [0.25, 0.3) is 0 Å². The highest BCUT2D eigenvalue weighted by atomic mass is 31.0. The van der Waals surface area contributed by atoms with Crippen molar-refractivity contribution in [2.75, 3.05) is 6.54 Å². The molecule has 0 aromatic rings. The molecule has 0 aromatic carbocycles. The van der Waals surface area contributed by atoms with Crippen LogP contribution in [-0.2, 0) is 0 Å². The highest BCUT2D eigenvalue weighted by Crippen LogP contribution is 2.24. The lowest BCUT2D eigenvalue weighted by Gasteiger charge is -2.11. The number of hydrogen-bond acceptors (Lipinski definition) is 1. The summed E-state index contributed by atoms with van der Waals surface area (Å²) in [5.74, 6) is 0.727. The molecule has 3 unspecified atom stereocenters. The fourth-order valence-corrected chi connectivity index (χ4v) is 1.53. The molecule has 0 aromatic heterocycles. The fraction of sp³-hybridized carbons (Fsp3) is 1.00. The van der Waals surface area contributed by atoms with Crippen LogP contribution in [-0.4, -0.2) is 17.0 Å². The molecule has 7 heavy (non-hydrogen) atoms. The minimum Gasteiger partial charge on any atom is -0.281 e. The van der Waals surface area contributed by atoms with Crippen LogP contribution in [0.1, 0.15) is 12.8 Å². The van der Waals surface area contributed by atoms with Gasteiger partial charge in [0.15, 0.2) is 0 Å². The summed E-state index contributed by atoms with van der Waals surface area (Å²) >= 11 is 0. The van der Waals surface area contributed by atoms with E-state index < -0.39 is 0 Å². The van der Waals surface area contributed by atoms with E-state index in [4.69, 9.17) is 0 Å². The monoisotopic (exact) mass is 135 g/mol. The molecule has 1 rings (SSSR count). The van der Waals surface area contributed by atoms with E-state index in [0.29, 0.717) is 0 Å². The second-order valence-corrected chi connectivity index (χ2v) is 3.38. The van der Waals surface area contributed by atoms with Crippen molar-refractivity contribution >= 4 is 18.6 Å². The summed E-state index contributed by atoms with van der Waals surface area (Å²) in [6, 6.07) is 0. The highest BCUT2D eigenvalue weighted by Gasteiger charge is 2.14. The van der Waals surface area contributed by atoms with Crippen molar-refractivity contribution in [3.8, 4) is 0 Å². The largest absolute Gasteiger partial charge is 0.281 e. The lowest BCUT2D eigenvalue weighted by atomic mass is 10.4. The summed E-state index contributed by atoms with van der Waals surface area (Å²) in [5.41, 5.74) is 0. The Labute approximate surface area is 49.3 Å². The summed E-state index contributed by atoms with van der Waals surface area (Å²) in [5, 5.41) is 0. The number of hydrogen-bond donors (Lipinski definition) is 0. The van der Waals surface area contributed by atoms with E-state index in [1.54, 1.807) is 0 Å². The molecule has 1 aliphatic heterocycles. The van der Waals surface area contributed by atoms with Gasteiger partial charge in [-0.15, -0.1) is 9.24 Å². The van der Waals surface area contributed by atoms with E-state index in [1.165, 1.54) is 19.4 Å². The Balaban J connectivity index is 2.33. The highest BCUT2D eigenvalue weighted by molar-refractivity contribution is 7.20. The third kappa shape index (κ3) is 1.35. The molecule has 3 atom stereocenters. The van der Waals surface area contributed by atoms with Crippen molar-refractivity contribution in [3.63, 3.8) is 0 Å². The van der Waals surface area contributed by atoms with E-state index in [0.717, 1.165) is 5.78 Å². The molecule has 3 heteroatoms. The molecular formula is C4H11NP2. The fourth-order valence-electron chi connectivity index (χ4n) is 0.815. The Morgan fingerprint density at radius 2 is 2.29 bits per heavy atom. The lowest BCUT2D eigenvalue weighted by Crippen LogP contribution is -2.10. The zero-order chi connectivity index (χ0) is 5.28.